The first-order valence-corrected chi connectivity index (χ1v) is 7.50. The Bertz CT molecular complexity index is 301. The van der Waals surface area contributed by atoms with Gasteiger partial charge in [-0.3, -0.25) is 4.79 Å². The van der Waals surface area contributed by atoms with Crippen molar-refractivity contribution in [1.82, 2.24) is 10.2 Å². The molecule has 2 saturated heterocycles. The van der Waals surface area contributed by atoms with Crippen molar-refractivity contribution in [3.63, 3.8) is 0 Å². The lowest BCUT2D eigenvalue weighted by molar-refractivity contribution is -0.136. The molecule has 2 aliphatic heterocycles. The summed E-state index contributed by atoms with van der Waals surface area (Å²) in [6.07, 6.45) is 5.60. The molecule has 18 heavy (non-hydrogen) atoms. The lowest BCUT2D eigenvalue weighted by atomic mass is 9.85. The van der Waals surface area contributed by atoms with Crippen LogP contribution in [0.3, 0.4) is 0 Å². The molecule has 2 unspecified atom stereocenters. The fourth-order valence-corrected chi connectivity index (χ4v) is 3.26. The fraction of sp³-hybridized carbons (Fsp3) is 0.933. The molecule has 0 spiro atoms. The van der Waals surface area contributed by atoms with Crippen molar-refractivity contribution in [3.8, 4) is 0 Å². The second-order valence-electron chi connectivity index (χ2n) is 6.92. The van der Waals surface area contributed by atoms with Crippen molar-refractivity contribution in [2.24, 2.45) is 11.3 Å². The van der Waals surface area contributed by atoms with E-state index in [1.54, 1.807) is 0 Å². The molecule has 2 fully saturated rings. The molecule has 104 valence electrons. The molecule has 0 aliphatic carbocycles. The second kappa shape index (κ2) is 5.60. The number of nitrogens with zero attached hydrogens (tertiary/aromatic N) is 1. The Balaban J connectivity index is 1.92. The van der Waals surface area contributed by atoms with Crippen LogP contribution in [0, 0.1) is 11.3 Å². The Kier molecular flexibility index (Phi) is 4.31. The highest BCUT2D eigenvalue weighted by molar-refractivity contribution is 5.79. The number of piperidine rings is 1. The third kappa shape index (κ3) is 3.47. The number of hydrogen-bond acceptors (Lipinski definition) is 2. The first-order valence-electron chi connectivity index (χ1n) is 7.50. The average Bonchev–Trinajstić information content (AvgIpc) is 2.49. The van der Waals surface area contributed by atoms with Crippen molar-refractivity contribution < 1.29 is 4.79 Å². The van der Waals surface area contributed by atoms with Gasteiger partial charge < -0.3 is 10.2 Å². The zero-order valence-electron chi connectivity index (χ0n) is 12.2. The maximum Gasteiger partial charge on any atom is 0.225 e. The predicted molar refractivity (Wildman–Crippen MR) is 74.4 cm³/mol. The Morgan fingerprint density at radius 3 is 2.78 bits per heavy atom. The zero-order chi connectivity index (χ0) is 13.2. The molecule has 2 aliphatic rings. The smallest absolute Gasteiger partial charge is 0.225 e. The van der Waals surface area contributed by atoms with Gasteiger partial charge in [-0.2, -0.15) is 0 Å². The monoisotopic (exact) mass is 252 g/mol. The molecule has 1 N–H and O–H groups in total. The molecule has 3 heteroatoms. The van der Waals surface area contributed by atoms with E-state index in [9.17, 15) is 4.79 Å². The predicted octanol–water partition coefficient (Wildman–Crippen LogP) is 2.41. The van der Waals surface area contributed by atoms with Gasteiger partial charge in [0.1, 0.15) is 0 Å². The lowest BCUT2D eigenvalue weighted by Crippen LogP contribution is -2.44. The number of likely N-dealkylation sites (tertiary alicyclic amines) is 1. The van der Waals surface area contributed by atoms with Gasteiger partial charge >= 0.3 is 0 Å². The highest BCUT2D eigenvalue weighted by Crippen LogP contribution is 2.31. The van der Waals surface area contributed by atoms with Crippen LogP contribution in [0.1, 0.15) is 52.9 Å². The van der Waals surface area contributed by atoms with E-state index in [2.05, 4.69) is 31.0 Å². The minimum atomic E-state index is 0.266. The van der Waals surface area contributed by atoms with Gasteiger partial charge in [0.15, 0.2) is 0 Å². The first kappa shape index (κ1) is 13.9. The molecule has 1 amide bonds. The SMILES string of the molecule is CC1CC(C(=O)N2CCCC(C)(C)CC2)CCN1. The van der Waals surface area contributed by atoms with Crippen molar-refractivity contribution in [3.05, 3.63) is 0 Å². The molecular weight excluding hydrogens is 224 g/mol. The average molecular weight is 252 g/mol. The van der Waals surface area contributed by atoms with Crippen molar-refractivity contribution >= 4 is 5.91 Å². The maximum absolute atomic E-state index is 12.6. The third-order valence-corrected chi connectivity index (χ3v) is 4.62. The van der Waals surface area contributed by atoms with Crippen LogP contribution >= 0.6 is 0 Å². The Morgan fingerprint density at radius 2 is 2.06 bits per heavy atom. The number of nitrogens with one attached hydrogen (secondary N) is 1. The Hall–Kier alpha value is -0.570. The van der Waals surface area contributed by atoms with Crippen LogP contribution < -0.4 is 5.32 Å². The minimum absolute atomic E-state index is 0.266. The molecule has 3 nitrogen and oxygen atoms in total. The van der Waals surface area contributed by atoms with E-state index in [1.807, 2.05) is 0 Å². The zero-order valence-corrected chi connectivity index (χ0v) is 12.2. The summed E-state index contributed by atoms with van der Waals surface area (Å²) in [5.74, 6) is 0.684. The van der Waals surface area contributed by atoms with Crippen LogP contribution in [-0.2, 0) is 4.79 Å². The molecule has 2 heterocycles. The van der Waals surface area contributed by atoms with E-state index >= 15 is 0 Å². The van der Waals surface area contributed by atoms with E-state index in [0.29, 0.717) is 17.4 Å². The second-order valence-corrected chi connectivity index (χ2v) is 6.92. The summed E-state index contributed by atoms with van der Waals surface area (Å²) < 4.78 is 0. The summed E-state index contributed by atoms with van der Waals surface area (Å²) in [7, 11) is 0. The first-order chi connectivity index (χ1) is 8.48. The number of hydrogen-bond donors (Lipinski definition) is 1. The summed E-state index contributed by atoms with van der Waals surface area (Å²) in [6.45, 7) is 9.77. The molecule has 0 bridgehead atoms. The van der Waals surface area contributed by atoms with Crippen LogP contribution in [-0.4, -0.2) is 36.5 Å². The fourth-order valence-electron chi connectivity index (χ4n) is 3.26. The van der Waals surface area contributed by atoms with Crippen molar-refractivity contribution in [2.45, 2.75) is 58.9 Å². The highest BCUT2D eigenvalue weighted by atomic mass is 16.2. The molecule has 0 radical (unpaired) electrons. The topological polar surface area (TPSA) is 32.3 Å². The summed E-state index contributed by atoms with van der Waals surface area (Å²) in [4.78, 5) is 14.7. The molecular formula is C15H28N2O. The molecule has 2 atom stereocenters. The quantitative estimate of drug-likeness (QED) is 0.777. The molecule has 2 rings (SSSR count). The van der Waals surface area contributed by atoms with Gasteiger partial charge in [0.25, 0.3) is 0 Å². The Labute approximate surface area is 111 Å². The molecule has 0 aromatic heterocycles. The summed E-state index contributed by atoms with van der Waals surface area (Å²) in [5, 5.41) is 3.42. The van der Waals surface area contributed by atoms with Crippen LogP contribution in [0.25, 0.3) is 0 Å². The van der Waals surface area contributed by atoms with Gasteiger partial charge in [0.05, 0.1) is 0 Å². The number of rotatable bonds is 1. The van der Waals surface area contributed by atoms with Crippen molar-refractivity contribution in [1.29, 1.82) is 0 Å². The van der Waals surface area contributed by atoms with Gasteiger partial charge in [0, 0.05) is 25.0 Å². The van der Waals surface area contributed by atoms with E-state index in [1.165, 1.54) is 12.8 Å². The summed E-state index contributed by atoms with van der Waals surface area (Å²) >= 11 is 0. The van der Waals surface area contributed by atoms with Gasteiger partial charge in [-0.25, -0.2) is 0 Å². The number of amides is 1. The highest BCUT2D eigenvalue weighted by Gasteiger charge is 2.31. The summed E-state index contributed by atoms with van der Waals surface area (Å²) in [5.41, 5.74) is 0.413. The van der Waals surface area contributed by atoms with Crippen LogP contribution in [0.5, 0.6) is 0 Å². The van der Waals surface area contributed by atoms with Crippen LogP contribution in [0.2, 0.25) is 0 Å². The normalized spacial score (nSPS) is 32.9. The summed E-state index contributed by atoms with van der Waals surface area (Å²) in [6, 6.07) is 0.496. The lowest BCUT2D eigenvalue weighted by Gasteiger charge is -2.32. The standard InChI is InChI=1S/C15H28N2O/c1-12-11-13(5-8-16-12)14(18)17-9-4-6-15(2,3)7-10-17/h12-13,16H,4-11H2,1-3H3. The van der Waals surface area contributed by atoms with E-state index in [4.69, 9.17) is 0 Å². The largest absolute Gasteiger partial charge is 0.342 e. The third-order valence-electron chi connectivity index (χ3n) is 4.62. The number of carbonyl (C=O) groups is 1. The van der Waals surface area contributed by atoms with Gasteiger partial charge in [-0.15, -0.1) is 0 Å². The van der Waals surface area contributed by atoms with Crippen molar-refractivity contribution in [2.75, 3.05) is 19.6 Å². The Morgan fingerprint density at radius 1 is 1.28 bits per heavy atom. The van der Waals surface area contributed by atoms with E-state index < -0.39 is 0 Å². The van der Waals surface area contributed by atoms with E-state index in [0.717, 1.165) is 38.9 Å². The van der Waals surface area contributed by atoms with Crippen LogP contribution in [0.15, 0.2) is 0 Å². The van der Waals surface area contributed by atoms with Gasteiger partial charge in [0.2, 0.25) is 5.91 Å². The molecule has 0 aromatic rings. The van der Waals surface area contributed by atoms with Crippen LogP contribution in [0.4, 0.5) is 0 Å². The van der Waals surface area contributed by atoms with Gasteiger partial charge in [-0.1, -0.05) is 13.8 Å². The number of carbonyl (C=O) groups excluding carboxylic acids is 1. The van der Waals surface area contributed by atoms with Gasteiger partial charge in [-0.05, 0) is 51.0 Å². The molecule has 0 saturated carbocycles. The minimum Gasteiger partial charge on any atom is -0.342 e. The van der Waals surface area contributed by atoms with E-state index in [-0.39, 0.29) is 5.92 Å². The maximum atomic E-state index is 12.6. The molecule has 0 aromatic carbocycles.